The van der Waals surface area contributed by atoms with E-state index in [2.05, 4.69) is 10.3 Å². The Balaban J connectivity index is 0.00000512. The molecule has 1 heterocycles. The third-order valence-electron chi connectivity index (χ3n) is 4.33. The summed E-state index contributed by atoms with van der Waals surface area (Å²) in [6.07, 6.45) is -2.15. The van der Waals surface area contributed by atoms with E-state index in [1.807, 2.05) is 0 Å². The predicted octanol–water partition coefficient (Wildman–Crippen LogP) is 0.772. The van der Waals surface area contributed by atoms with E-state index in [-0.39, 0.29) is 30.8 Å². The molecule has 3 unspecified atom stereocenters. The molecule has 0 radical (unpaired) electrons. The highest BCUT2D eigenvalue weighted by Crippen LogP contribution is 2.22. The fourth-order valence-corrected chi connectivity index (χ4v) is 4.21. The lowest BCUT2D eigenvalue weighted by atomic mass is 9.97. The van der Waals surface area contributed by atoms with Crippen molar-refractivity contribution in [3.8, 4) is 0 Å². The van der Waals surface area contributed by atoms with Gasteiger partial charge in [-0.05, 0) is 24.1 Å². The first-order valence-corrected chi connectivity index (χ1v) is 11.7. The third-order valence-corrected chi connectivity index (χ3v) is 6.53. The van der Waals surface area contributed by atoms with E-state index in [9.17, 15) is 32.2 Å². The van der Waals surface area contributed by atoms with E-state index in [4.69, 9.17) is 4.74 Å². The standard InChI is InChI=1S/C18H23F2N3O6S2.H2/c1-23(31(3,27)28)18-22-14(9-30-18)17(26)21-13(16(25)15(24)8-29-2)6-10-4-11(19)7-12(20)5-10;/h4-5,7,9,13,15-16,24-25H,6,8H2,1-3H3,(H,21,26);1H. The fourth-order valence-electron chi connectivity index (χ4n) is 2.67. The van der Waals surface area contributed by atoms with E-state index < -0.39 is 45.8 Å². The Hall–Kier alpha value is -2.19. The summed E-state index contributed by atoms with van der Waals surface area (Å²) in [7, 11) is -0.994. The first-order chi connectivity index (χ1) is 14.4. The first kappa shape index (κ1) is 25.1. The average Bonchev–Trinajstić information content (AvgIpc) is 3.15. The van der Waals surface area contributed by atoms with Crippen molar-refractivity contribution < 1.29 is 38.4 Å². The Bertz CT molecular complexity index is 1000. The number of halogens is 2. The second-order valence-electron chi connectivity index (χ2n) is 6.82. The number of methoxy groups -OCH3 is 1. The van der Waals surface area contributed by atoms with Gasteiger partial charge in [0.25, 0.3) is 5.91 Å². The lowest BCUT2D eigenvalue weighted by Gasteiger charge is -2.27. The molecule has 13 heteroatoms. The Labute approximate surface area is 183 Å². The Morgan fingerprint density at radius 3 is 2.48 bits per heavy atom. The number of anilines is 1. The SMILES string of the molecule is COCC(O)C(O)C(Cc1cc(F)cc(F)c1)NC(=O)c1csc(N(C)S(C)(=O)=O)n1.[HH]. The van der Waals surface area contributed by atoms with Gasteiger partial charge in [0.2, 0.25) is 10.0 Å². The van der Waals surface area contributed by atoms with Crippen LogP contribution in [0.25, 0.3) is 0 Å². The van der Waals surface area contributed by atoms with Crippen molar-refractivity contribution in [1.82, 2.24) is 10.3 Å². The lowest BCUT2D eigenvalue weighted by Crippen LogP contribution is -2.51. The van der Waals surface area contributed by atoms with Crippen LogP contribution in [-0.2, 0) is 21.2 Å². The van der Waals surface area contributed by atoms with Crippen LogP contribution in [0.2, 0.25) is 0 Å². The third kappa shape index (κ3) is 6.90. The largest absolute Gasteiger partial charge is 0.388 e. The Morgan fingerprint density at radius 1 is 1.32 bits per heavy atom. The van der Waals surface area contributed by atoms with Crippen molar-refractivity contribution >= 4 is 32.4 Å². The molecule has 0 aliphatic carbocycles. The van der Waals surface area contributed by atoms with Crippen molar-refractivity contribution in [2.24, 2.45) is 0 Å². The normalized spacial score (nSPS) is 14.7. The van der Waals surface area contributed by atoms with Crippen LogP contribution < -0.4 is 9.62 Å². The number of hydrogen-bond donors (Lipinski definition) is 3. The van der Waals surface area contributed by atoms with Crippen LogP contribution in [0, 0.1) is 11.6 Å². The molecule has 0 fully saturated rings. The smallest absolute Gasteiger partial charge is 0.271 e. The number of amides is 1. The second-order valence-corrected chi connectivity index (χ2v) is 9.67. The molecule has 1 amide bonds. The van der Waals surface area contributed by atoms with Crippen LogP contribution >= 0.6 is 11.3 Å². The molecule has 0 saturated heterocycles. The van der Waals surface area contributed by atoms with Gasteiger partial charge in [0, 0.05) is 27.0 Å². The van der Waals surface area contributed by atoms with Crippen LogP contribution in [-0.4, -0.2) is 74.8 Å². The Morgan fingerprint density at radius 2 is 1.94 bits per heavy atom. The molecule has 2 rings (SSSR count). The van der Waals surface area contributed by atoms with Crippen LogP contribution in [0.5, 0.6) is 0 Å². The zero-order chi connectivity index (χ0) is 23.3. The van der Waals surface area contributed by atoms with Gasteiger partial charge in [0.05, 0.1) is 18.9 Å². The topological polar surface area (TPSA) is 129 Å². The summed E-state index contributed by atoms with van der Waals surface area (Å²) in [5.41, 5.74) is 0.0154. The summed E-state index contributed by atoms with van der Waals surface area (Å²) >= 11 is 0.914. The number of nitrogens with one attached hydrogen (secondary N) is 1. The van der Waals surface area contributed by atoms with Crippen molar-refractivity contribution in [3.63, 3.8) is 0 Å². The number of nitrogens with zero attached hydrogens (tertiary/aromatic N) is 2. The van der Waals surface area contributed by atoms with Crippen LogP contribution in [0.1, 0.15) is 17.5 Å². The monoisotopic (exact) mass is 481 g/mol. The summed E-state index contributed by atoms with van der Waals surface area (Å²) in [6.45, 7) is -0.245. The zero-order valence-electron chi connectivity index (χ0n) is 16.9. The number of aliphatic hydroxyl groups excluding tert-OH is 2. The maximum absolute atomic E-state index is 13.5. The van der Waals surface area contributed by atoms with E-state index >= 15 is 0 Å². The van der Waals surface area contributed by atoms with E-state index in [1.165, 1.54) is 19.5 Å². The molecule has 0 spiro atoms. The second kappa shape index (κ2) is 10.4. The summed E-state index contributed by atoms with van der Waals surface area (Å²) in [5, 5.41) is 24.4. The number of ether oxygens (including phenoxy) is 1. The number of benzene rings is 1. The summed E-state index contributed by atoms with van der Waals surface area (Å²) < 4.78 is 56.0. The van der Waals surface area contributed by atoms with Crippen LogP contribution in [0.4, 0.5) is 13.9 Å². The van der Waals surface area contributed by atoms with Crippen molar-refractivity contribution in [1.29, 1.82) is 0 Å². The molecule has 0 aliphatic rings. The quantitative estimate of drug-likeness (QED) is 0.457. The number of aromatic nitrogens is 1. The number of sulfonamides is 1. The molecule has 2 aromatic rings. The number of carbonyl (C=O) groups excluding carboxylic acids is 1. The van der Waals surface area contributed by atoms with Gasteiger partial charge in [-0.25, -0.2) is 26.5 Å². The van der Waals surface area contributed by atoms with Gasteiger partial charge in [0.15, 0.2) is 5.13 Å². The van der Waals surface area contributed by atoms with Crippen molar-refractivity contribution in [3.05, 3.63) is 46.5 Å². The van der Waals surface area contributed by atoms with Gasteiger partial charge < -0.3 is 20.3 Å². The molecule has 3 atom stereocenters. The molecule has 0 saturated carbocycles. The minimum absolute atomic E-state index is 0. The molecule has 1 aromatic heterocycles. The molecule has 174 valence electrons. The van der Waals surface area contributed by atoms with Gasteiger partial charge in [-0.15, -0.1) is 11.3 Å². The van der Waals surface area contributed by atoms with Crippen molar-refractivity contribution in [2.45, 2.75) is 24.7 Å². The van der Waals surface area contributed by atoms with Gasteiger partial charge >= 0.3 is 0 Å². The number of carbonyl (C=O) groups is 1. The molecule has 3 N–H and O–H groups in total. The molecule has 0 bridgehead atoms. The van der Waals surface area contributed by atoms with E-state index in [1.54, 1.807) is 0 Å². The molecule has 9 nitrogen and oxygen atoms in total. The van der Waals surface area contributed by atoms with E-state index in [0.717, 1.165) is 34.0 Å². The zero-order valence-corrected chi connectivity index (χ0v) is 18.6. The summed E-state index contributed by atoms with van der Waals surface area (Å²) in [4.78, 5) is 16.6. The molecular weight excluding hydrogens is 456 g/mol. The van der Waals surface area contributed by atoms with Gasteiger partial charge in [0.1, 0.15) is 29.5 Å². The minimum Gasteiger partial charge on any atom is -0.388 e. The Kier molecular flexibility index (Phi) is 8.42. The average molecular weight is 482 g/mol. The molecule has 31 heavy (non-hydrogen) atoms. The highest BCUT2D eigenvalue weighted by molar-refractivity contribution is 7.92. The molecule has 0 aliphatic heterocycles. The maximum Gasteiger partial charge on any atom is 0.271 e. The van der Waals surface area contributed by atoms with E-state index in [0.29, 0.717) is 6.07 Å². The first-order valence-electron chi connectivity index (χ1n) is 8.92. The summed E-state index contributed by atoms with van der Waals surface area (Å²) in [6, 6.07) is 1.61. The van der Waals surface area contributed by atoms with Gasteiger partial charge in [-0.1, -0.05) is 0 Å². The number of hydrogen-bond acceptors (Lipinski definition) is 8. The lowest BCUT2D eigenvalue weighted by molar-refractivity contribution is -0.0407. The van der Waals surface area contributed by atoms with Gasteiger partial charge in [-0.3, -0.25) is 4.79 Å². The predicted molar refractivity (Wildman–Crippen MR) is 113 cm³/mol. The highest BCUT2D eigenvalue weighted by Gasteiger charge is 2.29. The molecular formula is C18H25F2N3O6S2. The number of rotatable bonds is 10. The van der Waals surface area contributed by atoms with Gasteiger partial charge in [-0.2, -0.15) is 0 Å². The highest BCUT2D eigenvalue weighted by atomic mass is 32.2. The minimum atomic E-state index is -3.58. The van der Waals surface area contributed by atoms with Crippen LogP contribution in [0.15, 0.2) is 23.6 Å². The molecule has 1 aromatic carbocycles. The van der Waals surface area contributed by atoms with Crippen molar-refractivity contribution in [2.75, 3.05) is 31.3 Å². The number of aliphatic hydroxyl groups is 2. The fraction of sp³-hybridized carbons (Fsp3) is 0.444. The van der Waals surface area contributed by atoms with Crippen LogP contribution in [0.3, 0.4) is 0 Å². The number of thiazole rings is 1. The summed E-state index contributed by atoms with van der Waals surface area (Å²) in [5.74, 6) is -2.44. The maximum atomic E-state index is 13.5.